The molecule has 4 nitrogen and oxygen atoms in total. The lowest BCUT2D eigenvalue weighted by molar-refractivity contribution is -0.114. The van der Waals surface area contributed by atoms with Gasteiger partial charge in [-0.1, -0.05) is 0 Å². The van der Waals surface area contributed by atoms with E-state index in [1.165, 1.54) is 13.8 Å². The molecular formula is C5H17NO3. The quantitative estimate of drug-likeness (QED) is 0.490. The van der Waals surface area contributed by atoms with Gasteiger partial charge in [-0.2, -0.15) is 0 Å². The van der Waals surface area contributed by atoms with Gasteiger partial charge in [0, 0.05) is 6.61 Å². The maximum Gasteiger partial charge on any atom is 0.126 e. The lowest BCUT2D eigenvalue weighted by Gasteiger charge is -1.56. The summed E-state index contributed by atoms with van der Waals surface area (Å²) in [4.78, 5) is 9.44. The molecule has 0 aliphatic rings. The molecule has 0 spiro atoms. The average Bonchev–Trinajstić information content (AvgIpc) is 1.33. The Kier molecular flexibility index (Phi) is 67.2. The van der Waals surface area contributed by atoms with Crippen LogP contribution in [0.2, 0.25) is 0 Å². The van der Waals surface area contributed by atoms with Crippen LogP contribution in [0.4, 0.5) is 0 Å². The average molecular weight is 139 g/mol. The molecule has 0 saturated heterocycles. The first kappa shape index (κ1) is 23.5. The molecule has 0 amide bonds. The van der Waals surface area contributed by atoms with Crippen LogP contribution < -0.4 is 6.15 Å². The summed E-state index contributed by atoms with van der Waals surface area (Å²) >= 11 is 0. The third kappa shape index (κ3) is 1150. The molecule has 0 aromatic carbocycles. The second kappa shape index (κ2) is 25.7. The lowest BCUT2D eigenvalue weighted by Crippen LogP contribution is -1.69. The molecule has 0 bridgehead atoms. The molecule has 60 valence electrons. The van der Waals surface area contributed by atoms with Crippen LogP contribution in [0.25, 0.3) is 0 Å². The standard InChI is InChI=1S/C3H6O.C2H6O.H3N.H2O/c1-3(2)4;1-2-3;;/h1-2H3;3H,2H2,1H3;1H3;1H2. The van der Waals surface area contributed by atoms with Crippen LogP contribution in [0, 0.1) is 0 Å². The number of Topliss-reactive ketones (excluding diaryl/α,β-unsaturated/α-hetero) is 1. The Labute approximate surface area is 55.8 Å². The summed E-state index contributed by atoms with van der Waals surface area (Å²) in [7, 11) is 0. The largest absolute Gasteiger partial charge is 0.412 e. The molecule has 0 aromatic rings. The zero-order valence-corrected chi connectivity index (χ0v) is 6.27. The number of carbonyl (C=O) groups is 1. The molecule has 0 radical (unpaired) electrons. The van der Waals surface area contributed by atoms with Crippen molar-refractivity contribution in [3.8, 4) is 0 Å². The smallest absolute Gasteiger partial charge is 0.126 e. The predicted octanol–water partition coefficient (Wildman–Crippen LogP) is -0.0688. The summed E-state index contributed by atoms with van der Waals surface area (Å²) in [6.45, 7) is 4.99. The molecule has 0 aliphatic carbocycles. The van der Waals surface area contributed by atoms with E-state index in [1.807, 2.05) is 0 Å². The summed E-state index contributed by atoms with van der Waals surface area (Å²) in [5, 5.41) is 7.57. The van der Waals surface area contributed by atoms with Crippen LogP contribution in [0.1, 0.15) is 20.8 Å². The van der Waals surface area contributed by atoms with Crippen LogP contribution in [-0.4, -0.2) is 23.0 Å². The Morgan fingerprint density at radius 3 is 1.44 bits per heavy atom. The van der Waals surface area contributed by atoms with Crippen molar-refractivity contribution in [3.05, 3.63) is 0 Å². The highest BCUT2D eigenvalue weighted by molar-refractivity contribution is 5.72. The topological polar surface area (TPSA) is 104 Å². The van der Waals surface area contributed by atoms with Gasteiger partial charge in [0.1, 0.15) is 5.78 Å². The van der Waals surface area contributed by atoms with Gasteiger partial charge in [0.15, 0.2) is 0 Å². The Hall–Kier alpha value is -0.450. The Morgan fingerprint density at radius 1 is 1.44 bits per heavy atom. The zero-order valence-electron chi connectivity index (χ0n) is 6.27. The van der Waals surface area contributed by atoms with E-state index in [0.29, 0.717) is 0 Å². The molecule has 0 aliphatic heterocycles. The first-order valence-corrected chi connectivity index (χ1v) is 2.23. The molecule has 0 unspecified atom stereocenters. The molecule has 0 aromatic heterocycles. The van der Waals surface area contributed by atoms with Gasteiger partial charge in [-0.25, -0.2) is 0 Å². The highest BCUT2D eigenvalue weighted by Gasteiger charge is 1.62. The van der Waals surface area contributed by atoms with Crippen molar-refractivity contribution in [1.29, 1.82) is 0 Å². The maximum atomic E-state index is 9.44. The third-order valence-corrected chi connectivity index (χ3v) is 0. The van der Waals surface area contributed by atoms with E-state index in [2.05, 4.69) is 0 Å². The lowest BCUT2D eigenvalue weighted by atomic mass is 10.6. The number of carbonyl (C=O) groups excluding carboxylic acids is 1. The summed E-state index contributed by atoms with van der Waals surface area (Å²) in [5.41, 5.74) is 0. The zero-order chi connectivity index (χ0) is 6.28. The molecule has 4 heteroatoms. The fourth-order valence-electron chi connectivity index (χ4n) is 0. The van der Waals surface area contributed by atoms with Crippen molar-refractivity contribution in [1.82, 2.24) is 6.15 Å². The van der Waals surface area contributed by atoms with E-state index >= 15 is 0 Å². The SMILES string of the molecule is CC(C)=O.CCO.N.O. The minimum Gasteiger partial charge on any atom is -0.412 e. The van der Waals surface area contributed by atoms with E-state index < -0.39 is 0 Å². The second-order valence-corrected chi connectivity index (χ2v) is 1.22. The van der Waals surface area contributed by atoms with Crippen LogP contribution in [0.3, 0.4) is 0 Å². The van der Waals surface area contributed by atoms with Gasteiger partial charge in [-0.05, 0) is 20.8 Å². The molecule has 9 heavy (non-hydrogen) atoms. The fourth-order valence-corrected chi connectivity index (χ4v) is 0. The van der Waals surface area contributed by atoms with Gasteiger partial charge in [0.05, 0.1) is 0 Å². The maximum absolute atomic E-state index is 9.44. The summed E-state index contributed by atoms with van der Waals surface area (Å²) in [6, 6.07) is 0. The van der Waals surface area contributed by atoms with Crippen molar-refractivity contribution in [2.24, 2.45) is 0 Å². The van der Waals surface area contributed by atoms with E-state index in [-0.39, 0.29) is 24.0 Å². The number of aliphatic hydroxyl groups is 1. The molecule has 0 heterocycles. The van der Waals surface area contributed by atoms with Crippen molar-refractivity contribution < 1.29 is 15.4 Å². The molecule has 0 atom stereocenters. The summed E-state index contributed by atoms with van der Waals surface area (Å²) in [6.07, 6.45) is 0. The number of ketones is 1. The highest BCUT2D eigenvalue weighted by atomic mass is 16.2. The minimum atomic E-state index is 0. The van der Waals surface area contributed by atoms with E-state index in [9.17, 15) is 4.79 Å². The molecule has 0 rings (SSSR count). The Bertz CT molecular complexity index is 43.5. The normalized spacial score (nSPS) is 4.89. The Morgan fingerprint density at radius 2 is 1.44 bits per heavy atom. The molecular weight excluding hydrogens is 122 g/mol. The van der Waals surface area contributed by atoms with Gasteiger partial charge in [0.25, 0.3) is 0 Å². The van der Waals surface area contributed by atoms with Gasteiger partial charge < -0.3 is 21.5 Å². The molecule has 0 fully saturated rings. The van der Waals surface area contributed by atoms with E-state index in [4.69, 9.17) is 5.11 Å². The number of hydrogen-bond donors (Lipinski definition) is 2. The van der Waals surface area contributed by atoms with Crippen molar-refractivity contribution in [2.75, 3.05) is 6.61 Å². The van der Waals surface area contributed by atoms with Crippen LogP contribution in [0.5, 0.6) is 0 Å². The second-order valence-electron chi connectivity index (χ2n) is 1.22. The highest BCUT2D eigenvalue weighted by Crippen LogP contribution is 1.50. The molecule has 6 N–H and O–H groups in total. The number of hydrogen-bond acceptors (Lipinski definition) is 3. The summed E-state index contributed by atoms with van der Waals surface area (Å²) in [5.74, 6) is 0.167. The first-order valence-electron chi connectivity index (χ1n) is 2.23. The first-order chi connectivity index (χ1) is 3.15. The number of aliphatic hydroxyl groups excluding tert-OH is 1. The van der Waals surface area contributed by atoms with Crippen molar-refractivity contribution in [2.45, 2.75) is 20.8 Å². The number of rotatable bonds is 0. The van der Waals surface area contributed by atoms with E-state index in [1.54, 1.807) is 6.92 Å². The fraction of sp³-hybridized carbons (Fsp3) is 0.800. The minimum absolute atomic E-state index is 0. The van der Waals surface area contributed by atoms with E-state index in [0.717, 1.165) is 0 Å². The monoisotopic (exact) mass is 139 g/mol. The summed E-state index contributed by atoms with van der Waals surface area (Å²) < 4.78 is 0. The van der Waals surface area contributed by atoms with Crippen LogP contribution >= 0.6 is 0 Å². The third-order valence-electron chi connectivity index (χ3n) is 0. The van der Waals surface area contributed by atoms with Crippen LogP contribution in [-0.2, 0) is 4.79 Å². The van der Waals surface area contributed by atoms with Gasteiger partial charge in [-0.15, -0.1) is 0 Å². The van der Waals surface area contributed by atoms with Gasteiger partial charge in [-0.3, -0.25) is 0 Å². The van der Waals surface area contributed by atoms with Gasteiger partial charge in [0.2, 0.25) is 0 Å². The van der Waals surface area contributed by atoms with Gasteiger partial charge >= 0.3 is 0 Å². The Balaban J connectivity index is -0.0000000233. The van der Waals surface area contributed by atoms with Crippen LogP contribution in [0.15, 0.2) is 0 Å². The molecule has 0 saturated carbocycles. The van der Waals surface area contributed by atoms with Crippen molar-refractivity contribution >= 4 is 5.78 Å². The van der Waals surface area contributed by atoms with Crippen molar-refractivity contribution in [3.63, 3.8) is 0 Å². The predicted molar refractivity (Wildman–Crippen MR) is 37.8 cm³/mol.